The summed E-state index contributed by atoms with van der Waals surface area (Å²) in [5, 5.41) is 0. The summed E-state index contributed by atoms with van der Waals surface area (Å²) in [5.74, 6) is 5.89. The molecule has 21 heavy (non-hydrogen) atoms. The van der Waals surface area contributed by atoms with Crippen LogP contribution in [0.3, 0.4) is 0 Å². The zero-order valence-electron chi connectivity index (χ0n) is 12.2. The van der Waals surface area contributed by atoms with Crippen LogP contribution in [0.2, 0.25) is 0 Å². The van der Waals surface area contributed by atoms with Crippen LogP contribution < -0.4 is 10.5 Å². The average Bonchev–Trinajstić information content (AvgIpc) is 2.49. The highest BCUT2D eigenvalue weighted by molar-refractivity contribution is 5.40. The van der Waals surface area contributed by atoms with E-state index in [1.807, 2.05) is 32.0 Å². The molecule has 0 aliphatic rings. The molecule has 2 aromatic rings. The van der Waals surface area contributed by atoms with Crippen LogP contribution in [0.15, 0.2) is 36.4 Å². The molecule has 0 aliphatic heterocycles. The van der Waals surface area contributed by atoms with Gasteiger partial charge >= 0.3 is 0 Å². The molecule has 0 saturated carbocycles. The Bertz CT molecular complexity index is 698. The summed E-state index contributed by atoms with van der Waals surface area (Å²) in [6.45, 7) is 4.65. The highest BCUT2D eigenvalue weighted by Crippen LogP contribution is 2.22. The Morgan fingerprint density at radius 1 is 1.19 bits per heavy atom. The lowest BCUT2D eigenvalue weighted by Gasteiger charge is -2.11. The summed E-state index contributed by atoms with van der Waals surface area (Å²) < 4.78 is 19.4. The summed E-state index contributed by atoms with van der Waals surface area (Å²) in [4.78, 5) is 0. The van der Waals surface area contributed by atoms with Crippen LogP contribution in [0.5, 0.6) is 5.75 Å². The first-order chi connectivity index (χ1) is 10.1. The van der Waals surface area contributed by atoms with E-state index >= 15 is 0 Å². The van der Waals surface area contributed by atoms with Crippen molar-refractivity contribution in [1.82, 2.24) is 0 Å². The van der Waals surface area contributed by atoms with Gasteiger partial charge in [-0.15, -0.1) is 0 Å². The van der Waals surface area contributed by atoms with E-state index in [9.17, 15) is 4.39 Å². The zero-order chi connectivity index (χ0) is 15.2. The van der Waals surface area contributed by atoms with Crippen molar-refractivity contribution in [2.75, 3.05) is 6.54 Å². The molecule has 2 nitrogen and oxygen atoms in total. The van der Waals surface area contributed by atoms with Gasteiger partial charge in [0.2, 0.25) is 0 Å². The van der Waals surface area contributed by atoms with Crippen LogP contribution in [0, 0.1) is 31.5 Å². The standard InChI is InChI=1S/C18H18FNO/c1-13-5-3-7-18(14(13)2)21-12-15-8-9-17(19)16(11-15)6-4-10-20/h3,5,7-9,11H,10,12,20H2,1-2H3. The molecule has 0 spiro atoms. The normalized spacial score (nSPS) is 9.90. The molecule has 0 bridgehead atoms. The fraction of sp³-hybridized carbons (Fsp3) is 0.222. The van der Waals surface area contributed by atoms with Gasteiger partial charge in [0.1, 0.15) is 18.2 Å². The monoisotopic (exact) mass is 283 g/mol. The Hall–Kier alpha value is -2.31. The number of halogens is 1. The van der Waals surface area contributed by atoms with Crippen molar-refractivity contribution in [2.45, 2.75) is 20.5 Å². The largest absolute Gasteiger partial charge is 0.489 e. The van der Waals surface area contributed by atoms with Crippen molar-refractivity contribution in [2.24, 2.45) is 5.73 Å². The molecular weight excluding hydrogens is 265 g/mol. The number of aryl methyl sites for hydroxylation is 1. The molecule has 0 unspecified atom stereocenters. The van der Waals surface area contributed by atoms with E-state index in [0.717, 1.165) is 16.9 Å². The van der Waals surface area contributed by atoms with Gasteiger partial charge in [-0.05, 0) is 48.7 Å². The molecule has 0 fully saturated rings. The van der Waals surface area contributed by atoms with E-state index in [-0.39, 0.29) is 12.4 Å². The van der Waals surface area contributed by atoms with Gasteiger partial charge in [-0.3, -0.25) is 0 Å². The molecule has 2 aromatic carbocycles. The maximum atomic E-state index is 13.6. The van der Waals surface area contributed by atoms with Crippen molar-refractivity contribution < 1.29 is 9.13 Å². The Morgan fingerprint density at radius 2 is 2.00 bits per heavy atom. The van der Waals surface area contributed by atoms with Gasteiger partial charge in [0.05, 0.1) is 12.1 Å². The van der Waals surface area contributed by atoms with Crippen LogP contribution in [-0.4, -0.2) is 6.54 Å². The first kappa shape index (κ1) is 15.1. The average molecular weight is 283 g/mol. The van der Waals surface area contributed by atoms with Crippen LogP contribution in [0.1, 0.15) is 22.3 Å². The molecule has 0 amide bonds. The number of nitrogens with two attached hydrogens (primary N) is 1. The minimum Gasteiger partial charge on any atom is -0.489 e. The summed E-state index contributed by atoms with van der Waals surface area (Å²) in [7, 11) is 0. The number of benzene rings is 2. The molecule has 0 aromatic heterocycles. The molecule has 0 saturated heterocycles. The fourth-order valence-electron chi connectivity index (χ4n) is 1.95. The second-order valence-electron chi connectivity index (χ2n) is 4.81. The Kier molecular flexibility index (Phi) is 4.97. The summed E-state index contributed by atoms with van der Waals surface area (Å²) in [6, 6.07) is 10.7. The smallest absolute Gasteiger partial charge is 0.138 e. The van der Waals surface area contributed by atoms with Gasteiger partial charge in [0.25, 0.3) is 0 Å². The third-order valence-electron chi connectivity index (χ3n) is 3.31. The molecule has 2 rings (SSSR count). The molecule has 0 heterocycles. The first-order valence-electron chi connectivity index (χ1n) is 6.78. The van der Waals surface area contributed by atoms with E-state index in [1.54, 1.807) is 12.1 Å². The SMILES string of the molecule is Cc1cccc(OCc2ccc(F)c(C#CCN)c2)c1C. The Morgan fingerprint density at radius 3 is 2.76 bits per heavy atom. The number of hydrogen-bond acceptors (Lipinski definition) is 2. The lowest BCUT2D eigenvalue weighted by atomic mass is 10.1. The molecule has 0 aliphatic carbocycles. The quantitative estimate of drug-likeness (QED) is 0.877. The number of hydrogen-bond donors (Lipinski definition) is 1. The van der Waals surface area contributed by atoms with E-state index in [0.29, 0.717) is 12.2 Å². The molecular formula is C18H18FNO. The van der Waals surface area contributed by atoms with Gasteiger partial charge in [-0.1, -0.05) is 30.0 Å². The topological polar surface area (TPSA) is 35.2 Å². The molecule has 2 N–H and O–H groups in total. The fourth-order valence-corrected chi connectivity index (χ4v) is 1.95. The second-order valence-corrected chi connectivity index (χ2v) is 4.81. The van der Waals surface area contributed by atoms with E-state index in [4.69, 9.17) is 10.5 Å². The summed E-state index contributed by atoms with van der Waals surface area (Å²) in [6.07, 6.45) is 0. The van der Waals surface area contributed by atoms with Crippen molar-refractivity contribution in [1.29, 1.82) is 0 Å². The van der Waals surface area contributed by atoms with Crippen molar-refractivity contribution in [3.05, 3.63) is 64.5 Å². The van der Waals surface area contributed by atoms with Crippen molar-refractivity contribution in [3.8, 4) is 17.6 Å². The predicted molar refractivity (Wildman–Crippen MR) is 82.6 cm³/mol. The minimum atomic E-state index is -0.341. The van der Waals surface area contributed by atoms with E-state index < -0.39 is 0 Å². The number of ether oxygens (including phenoxy) is 1. The van der Waals surface area contributed by atoms with Gasteiger partial charge in [-0.2, -0.15) is 0 Å². The van der Waals surface area contributed by atoms with Gasteiger partial charge in [0, 0.05) is 0 Å². The molecule has 0 radical (unpaired) electrons. The maximum Gasteiger partial charge on any atom is 0.138 e. The Labute approximate surface area is 124 Å². The second kappa shape index (κ2) is 6.92. The van der Waals surface area contributed by atoms with Crippen LogP contribution in [0.4, 0.5) is 4.39 Å². The summed E-state index contributed by atoms with van der Waals surface area (Å²) in [5.41, 5.74) is 8.83. The van der Waals surface area contributed by atoms with Crippen molar-refractivity contribution in [3.63, 3.8) is 0 Å². The maximum absolute atomic E-state index is 13.6. The third-order valence-corrected chi connectivity index (χ3v) is 3.31. The minimum absolute atomic E-state index is 0.211. The number of rotatable bonds is 3. The lowest BCUT2D eigenvalue weighted by Crippen LogP contribution is -1.99. The van der Waals surface area contributed by atoms with E-state index in [2.05, 4.69) is 11.8 Å². The summed E-state index contributed by atoms with van der Waals surface area (Å²) >= 11 is 0. The first-order valence-corrected chi connectivity index (χ1v) is 6.78. The highest BCUT2D eigenvalue weighted by Gasteiger charge is 2.05. The Balaban J connectivity index is 2.15. The van der Waals surface area contributed by atoms with Gasteiger partial charge in [0.15, 0.2) is 0 Å². The van der Waals surface area contributed by atoms with Crippen LogP contribution in [-0.2, 0) is 6.61 Å². The molecule has 108 valence electrons. The van der Waals surface area contributed by atoms with Crippen molar-refractivity contribution >= 4 is 0 Å². The van der Waals surface area contributed by atoms with Crippen LogP contribution >= 0.6 is 0 Å². The van der Waals surface area contributed by atoms with Crippen LogP contribution in [0.25, 0.3) is 0 Å². The zero-order valence-corrected chi connectivity index (χ0v) is 12.2. The lowest BCUT2D eigenvalue weighted by molar-refractivity contribution is 0.303. The highest BCUT2D eigenvalue weighted by atomic mass is 19.1. The van der Waals surface area contributed by atoms with E-state index in [1.165, 1.54) is 11.6 Å². The van der Waals surface area contributed by atoms with Gasteiger partial charge in [-0.25, -0.2) is 4.39 Å². The van der Waals surface area contributed by atoms with Gasteiger partial charge < -0.3 is 10.5 Å². The predicted octanol–water partition coefficient (Wildman–Crippen LogP) is 3.33. The molecule has 3 heteroatoms. The third kappa shape index (κ3) is 3.84. The molecule has 0 atom stereocenters.